The predicted molar refractivity (Wildman–Crippen MR) is 62.6 cm³/mol. The quantitative estimate of drug-likeness (QED) is 0.817. The van der Waals surface area contributed by atoms with Crippen LogP contribution in [-0.2, 0) is 11.3 Å². The van der Waals surface area contributed by atoms with Gasteiger partial charge in [0, 0.05) is 18.6 Å². The maximum Gasteiger partial charge on any atom is 0.213 e. The molecule has 2 rings (SSSR count). The maximum absolute atomic E-state index is 5.07. The Bertz CT molecular complexity index is 471. The Labute approximate surface area is 97.9 Å². The van der Waals surface area contributed by atoms with Crippen LogP contribution in [0.15, 0.2) is 23.6 Å². The van der Waals surface area contributed by atoms with E-state index >= 15 is 0 Å². The minimum absolute atomic E-state index is 0.528. The first kappa shape index (κ1) is 11.0. The molecule has 0 unspecified atom stereocenters. The minimum Gasteiger partial charge on any atom is -0.481 e. The van der Waals surface area contributed by atoms with Crippen LogP contribution in [0.2, 0.25) is 0 Å². The molecule has 2 aromatic heterocycles. The normalized spacial score (nSPS) is 10.4. The van der Waals surface area contributed by atoms with E-state index in [9.17, 15) is 0 Å². The third-order valence-corrected chi connectivity index (χ3v) is 2.91. The largest absolute Gasteiger partial charge is 0.481 e. The van der Waals surface area contributed by atoms with Crippen molar-refractivity contribution in [2.24, 2.45) is 0 Å². The van der Waals surface area contributed by atoms with Gasteiger partial charge in [0.05, 0.1) is 19.4 Å². The summed E-state index contributed by atoms with van der Waals surface area (Å²) in [6.07, 6.45) is 0. The van der Waals surface area contributed by atoms with E-state index in [1.807, 2.05) is 23.6 Å². The Balaban J connectivity index is 2.27. The number of pyridine rings is 1. The molecule has 0 fully saturated rings. The highest BCUT2D eigenvalue weighted by atomic mass is 32.1. The van der Waals surface area contributed by atoms with Crippen LogP contribution in [-0.4, -0.2) is 24.2 Å². The molecule has 0 bridgehead atoms. The average Bonchev–Trinajstić information content (AvgIpc) is 2.78. The van der Waals surface area contributed by atoms with Crippen LogP contribution in [0.3, 0.4) is 0 Å². The zero-order valence-corrected chi connectivity index (χ0v) is 9.95. The van der Waals surface area contributed by atoms with Crippen LogP contribution in [0.25, 0.3) is 10.7 Å². The van der Waals surface area contributed by atoms with Crippen LogP contribution in [0.1, 0.15) is 5.69 Å². The number of thiazole rings is 1. The molecule has 2 aromatic rings. The predicted octanol–water partition coefficient (Wildman–Crippen LogP) is 2.36. The summed E-state index contributed by atoms with van der Waals surface area (Å²) >= 11 is 1.55. The Morgan fingerprint density at radius 2 is 2.12 bits per heavy atom. The first-order valence-corrected chi connectivity index (χ1v) is 5.66. The van der Waals surface area contributed by atoms with E-state index < -0.39 is 0 Å². The van der Waals surface area contributed by atoms with E-state index in [0.29, 0.717) is 12.5 Å². The second kappa shape index (κ2) is 5.05. The molecule has 0 saturated carbocycles. The van der Waals surface area contributed by atoms with Gasteiger partial charge < -0.3 is 9.47 Å². The zero-order valence-electron chi connectivity index (χ0n) is 9.14. The number of rotatable bonds is 4. The molecule has 0 aliphatic heterocycles. The Kier molecular flexibility index (Phi) is 3.48. The van der Waals surface area contributed by atoms with Crippen molar-refractivity contribution in [3.63, 3.8) is 0 Å². The van der Waals surface area contributed by atoms with Crippen molar-refractivity contribution in [2.75, 3.05) is 14.2 Å². The standard InChI is InChI=1S/C11H12N2O2S/c1-14-6-8-7-16-11(12-8)9-4-3-5-10(13-9)15-2/h3-5,7H,6H2,1-2H3. The van der Waals surface area contributed by atoms with Crippen molar-refractivity contribution in [1.29, 1.82) is 0 Å². The molecular formula is C11H12N2O2S. The van der Waals surface area contributed by atoms with Crippen LogP contribution >= 0.6 is 11.3 Å². The van der Waals surface area contributed by atoms with Crippen LogP contribution in [0.4, 0.5) is 0 Å². The molecular weight excluding hydrogens is 224 g/mol. The maximum atomic E-state index is 5.07. The fourth-order valence-corrected chi connectivity index (χ4v) is 2.06. The lowest BCUT2D eigenvalue weighted by atomic mass is 10.3. The van der Waals surface area contributed by atoms with Gasteiger partial charge in [-0.05, 0) is 6.07 Å². The Morgan fingerprint density at radius 1 is 1.25 bits per heavy atom. The van der Waals surface area contributed by atoms with Crippen molar-refractivity contribution in [2.45, 2.75) is 6.61 Å². The molecule has 4 nitrogen and oxygen atoms in total. The van der Waals surface area contributed by atoms with Crippen molar-refractivity contribution >= 4 is 11.3 Å². The highest BCUT2D eigenvalue weighted by Crippen LogP contribution is 2.23. The second-order valence-corrected chi connectivity index (χ2v) is 4.00. The van der Waals surface area contributed by atoms with E-state index in [1.54, 1.807) is 25.6 Å². The Hall–Kier alpha value is -1.46. The number of methoxy groups -OCH3 is 2. The summed E-state index contributed by atoms with van der Waals surface area (Å²) in [7, 11) is 3.26. The van der Waals surface area contributed by atoms with Gasteiger partial charge in [-0.25, -0.2) is 9.97 Å². The third-order valence-electron chi connectivity index (χ3n) is 2.00. The van der Waals surface area contributed by atoms with Gasteiger partial charge in [-0.1, -0.05) is 6.07 Å². The highest BCUT2D eigenvalue weighted by molar-refractivity contribution is 7.13. The second-order valence-electron chi connectivity index (χ2n) is 3.14. The lowest BCUT2D eigenvalue weighted by molar-refractivity contribution is 0.182. The molecule has 0 radical (unpaired) electrons. The summed E-state index contributed by atoms with van der Waals surface area (Å²) in [5, 5.41) is 2.85. The van der Waals surface area contributed by atoms with E-state index in [0.717, 1.165) is 16.4 Å². The molecule has 0 aliphatic carbocycles. The van der Waals surface area contributed by atoms with Gasteiger partial charge in [-0.2, -0.15) is 0 Å². The molecule has 5 heteroatoms. The fraction of sp³-hybridized carbons (Fsp3) is 0.273. The van der Waals surface area contributed by atoms with Gasteiger partial charge in [0.1, 0.15) is 10.7 Å². The summed E-state index contributed by atoms with van der Waals surface area (Å²) in [5.74, 6) is 0.598. The topological polar surface area (TPSA) is 44.2 Å². The lowest BCUT2D eigenvalue weighted by Gasteiger charge is -1.99. The van der Waals surface area contributed by atoms with Gasteiger partial charge >= 0.3 is 0 Å². The van der Waals surface area contributed by atoms with E-state index in [2.05, 4.69) is 9.97 Å². The molecule has 0 saturated heterocycles. The van der Waals surface area contributed by atoms with Gasteiger partial charge in [-0.3, -0.25) is 0 Å². The van der Waals surface area contributed by atoms with Crippen molar-refractivity contribution in [3.8, 4) is 16.6 Å². The summed E-state index contributed by atoms with van der Waals surface area (Å²) in [4.78, 5) is 8.74. The molecule has 0 aliphatic rings. The summed E-state index contributed by atoms with van der Waals surface area (Å²) in [6.45, 7) is 0.528. The monoisotopic (exact) mass is 236 g/mol. The molecule has 0 spiro atoms. The van der Waals surface area contributed by atoms with Crippen LogP contribution in [0, 0.1) is 0 Å². The zero-order chi connectivity index (χ0) is 11.4. The van der Waals surface area contributed by atoms with E-state index in [1.165, 1.54) is 0 Å². The number of ether oxygens (including phenoxy) is 2. The molecule has 0 N–H and O–H groups in total. The number of hydrogen-bond acceptors (Lipinski definition) is 5. The number of nitrogens with zero attached hydrogens (tertiary/aromatic N) is 2. The highest BCUT2D eigenvalue weighted by Gasteiger charge is 2.06. The average molecular weight is 236 g/mol. The summed E-state index contributed by atoms with van der Waals surface area (Å²) in [5.41, 5.74) is 1.75. The minimum atomic E-state index is 0.528. The van der Waals surface area contributed by atoms with Gasteiger partial charge in [0.15, 0.2) is 0 Å². The summed E-state index contributed by atoms with van der Waals surface area (Å²) < 4.78 is 10.1. The molecule has 0 atom stereocenters. The number of hydrogen-bond donors (Lipinski definition) is 0. The molecule has 0 aromatic carbocycles. The Morgan fingerprint density at radius 3 is 2.88 bits per heavy atom. The first-order valence-electron chi connectivity index (χ1n) is 4.78. The smallest absolute Gasteiger partial charge is 0.213 e. The first-order chi connectivity index (χ1) is 7.83. The molecule has 0 amide bonds. The lowest BCUT2D eigenvalue weighted by Crippen LogP contribution is -1.90. The molecule has 2 heterocycles. The SMILES string of the molecule is COCc1csc(-c2cccc(OC)n2)n1. The van der Waals surface area contributed by atoms with Crippen molar-refractivity contribution in [3.05, 3.63) is 29.3 Å². The van der Waals surface area contributed by atoms with Crippen LogP contribution in [0.5, 0.6) is 5.88 Å². The summed E-state index contributed by atoms with van der Waals surface area (Å²) in [6, 6.07) is 5.63. The van der Waals surface area contributed by atoms with E-state index in [4.69, 9.17) is 9.47 Å². The van der Waals surface area contributed by atoms with Gasteiger partial charge in [-0.15, -0.1) is 11.3 Å². The van der Waals surface area contributed by atoms with Gasteiger partial charge in [0.2, 0.25) is 5.88 Å². The van der Waals surface area contributed by atoms with Crippen molar-refractivity contribution in [1.82, 2.24) is 9.97 Å². The van der Waals surface area contributed by atoms with Gasteiger partial charge in [0.25, 0.3) is 0 Å². The molecule has 84 valence electrons. The van der Waals surface area contributed by atoms with E-state index in [-0.39, 0.29) is 0 Å². The fourth-order valence-electron chi connectivity index (χ4n) is 1.29. The third kappa shape index (κ3) is 2.37. The molecule has 16 heavy (non-hydrogen) atoms. The van der Waals surface area contributed by atoms with Crippen molar-refractivity contribution < 1.29 is 9.47 Å². The van der Waals surface area contributed by atoms with Crippen LogP contribution < -0.4 is 4.74 Å². The number of aromatic nitrogens is 2.